The van der Waals surface area contributed by atoms with Crippen molar-refractivity contribution in [1.82, 2.24) is 14.7 Å². The van der Waals surface area contributed by atoms with Gasteiger partial charge in [0.2, 0.25) is 0 Å². The van der Waals surface area contributed by atoms with Crippen LogP contribution >= 0.6 is 0 Å². The fraction of sp³-hybridized carbons (Fsp3) is 0.545. The van der Waals surface area contributed by atoms with Gasteiger partial charge in [0.15, 0.2) is 0 Å². The molecule has 0 saturated carbocycles. The van der Waals surface area contributed by atoms with E-state index in [9.17, 15) is 0 Å². The summed E-state index contributed by atoms with van der Waals surface area (Å²) >= 11 is 0. The number of hydrogen-bond acceptors (Lipinski definition) is 3. The molecule has 0 aromatic heterocycles. The summed E-state index contributed by atoms with van der Waals surface area (Å²) in [4.78, 5) is 7.98. The minimum atomic E-state index is 0.808. The van der Waals surface area contributed by atoms with Gasteiger partial charge in [0, 0.05) is 38.8 Å². The molecule has 0 bridgehead atoms. The number of likely N-dealkylation sites (tertiary alicyclic amines) is 1. The molecule has 0 atom stereocenters. The molecule has 2 fully saturated rings. The van der Waals surface area contributed by atoms with E-state index in [-0.39, 0.29) is 0 Å². The smallest absolute Gasteiger partial charge is 0.0239 e. The zero-order valence-corrected chi connectivity index (χ0v) is 15.5. The zero-order valence-electron chi connectivity index (χ0n) is 15.5. The van der Waals surface area contributed by atoms with E-state index < -0.39 is 0 Å². The van der Waals surface area contributed by atoms with E-state index in [1.54, 1.807) is 0 Å². The van der Waals surface area contributed by atoms with Crippen LogP contribution in [0.4, 0.5) is 0 Å². The molecule has 0 N–H and O–H groups in total. The lowest BCUT2D eigenvalue weighted by atomic mass is 10.00. The van der Waals surface area contributed by atoms with Crippen LogP contribution in [-0.4, -0.2) is 66.6 Å². The Morgan fingerprint density at radius 2 is 1.52 bits per heavy atom. The van der Waals surface area contributed by atoms with Gasteiger partial charge in [-0.15, -0.1) is 0 Å². The molecule has 2 heterocycles. The van der Waals surface area contributed by atoms with Crippen molar-refractivity contribution in [3.63, 3.8) is 0 Å². The average Bonchev–Trinajstić information content (AvgIpc) is 2.69. The second-order valence-electron chi connectivity index (χ2n) is 7.62. The summed E-state index contributed by atoms with van der Waals surface area (Å²) in [6.45, 7) is 12.1. The molecule has 3 nitrogen and oxygen atoms in total. The lowest BCUT2D eigenvalue weighted by Gasteiger charge is -2.42. The summed E-state index contributed by atoms with van der Waals surface area (Å²) in [5, 5.41) is 2.78. The predicted molar refractivity (Wildman–Crippen MR) is 106 cm³/mol. The number of piperidine rings is 1. The van der Waals surface area contributed by atoms with Gasteiger partial charge in [-0.05, 0) is 48.8 Å². The molecule has 2 aromatic carbocycles. The number of hydrogen-bond donors (Lipinski definition) is 0. The summed E-state index contributed by atoms with van der Waals surface area (Å²) in [5.41, 5.74) is 1.48. The summed E-state index contributed by atoms with van der Waals surface area (Å²) < 4.78 is 0. The van der Waals surface area contributed by atoms with Crippen molar-refractivity contribution in [3.8, 4) is 0 Å². The van der Waals surface area contributed by atoms with Crippen molar-refractivity contribution >= 4 is 10.8 Å². The van der Waals surface area contributed by atoms with E-state index >= 15 is 0 Å². The third kappa shape index (κ3) is 3.89. The molecule has 0 unspecified atom stereocenters. The van der Waals surface area contributed by atoms with Crippen LogP contribution in [0, 0.1) is 0 Å². The highest BCUT2D eigenvalue weighted by atomic mass is 15.3. The Kier molecular flexibility index (Phi) is 5.35. The van der Waals surface area contributed by atoms with Crippen LogP contribution in [0.15, 0.2) is 42.5 Å². The second-order valence-corrected chi connectivity index (χ2v) is 7.62. The molecule has 134 valence electrons. The van der Waals surface area contributed by atoms with Gasteiger partial charge < -0.3 is 4.90 Å². The van der Waals surface area contributed by atoms with Crippen LogP contribution in [-0.2, 0) is 6.54 Å². The van der Waals surface area contributed by atoms with Gasteiger partial charge >= 0.3 is 0 Å². The fourth-order valence-corrected chi connectivity index (χ4v) is 4.56. The van der Waals surface area contributed by atoms with Crippen molar-refractivity contribution in [1.29, 1.82) is 0 Å². The van der Waals surface area contributed by atoms with Crippen LogP contribution in [0.3, 0.4) is 0 Å². The molecular formula is C22H31N3. The topological polar surface area (TPSA) is 9.72 Å². The molecule has 0 amide bonds. The van der Waals surface area contributed by atoms with Gasteiger partial charge in [0.05, 0.1) is 0 Å². The molecule has 0 spiro atoms. The van der Waals surface area contributed by atoms with E-state index in [1.165, 1.54) is 75.0 Å². The molecule has 25 heavy (non-hydrogen) atoms. The van der Waals surface area contributed by atoms with Crippen LogP contribution in [0.25, 0.3) is 10.8 Å². The van der Waals surface area contributed by atoms with Gasteiger partial charge in [-0.25, -0.2) is 0 Å². The molecule has 0 radical (unpaired) electrons. The molecule has 2 saturated heterocycles. The minimum Gasteiger partial charge on any atom is -0.301 e. The lowest BCUT2D eigenvalue weighted by Crippen LogP contribution is -2.52. The molecule has 2 aliphatic heterocycles. The predicted octanol–water partition coefficient (Wildman–Crippen LogP) is 3.44. The van der Waals surface area contributed by atoms with Crippen molar-refractivity contribution in [2.24, 2.45) is 0 Å². The molecule has 0 aliphatic carbocycles. The Labute approximate surface area is 152 Å². The Balaban J connectivity index is 1.33. The largest absolute Gasteiger partial charge is 0.301 e. The first-order valence-electron chi connectivity index (χ1n) is 9.99. The van der Waals surface area contributed by atoms with Crippen molar-refractivity contribution in [3.05, 3.63) is 48.0 Å². The Bertz CT molecular complexity index is 677. The Morgan fingerprint density at radius 1 is 0.800 bits per heavy atom. The summed E-state index contributed by atoms with van der Waals surface area (Å²) in [5.74, 6) is 0. The zero-order chi connectivity index (χ0) is 17.1. The van der Waals surface area contributed by atoms with Crippen molar-refractivity contribution in [2.75, 3.05) is 45.8 Å². The monoisotopic (exact) mass is 337 g/mol. The summed E-state index contributed by atoms with van der Waals surface area (Å²) in [7, 11) is 0. The quantitative estimate of drug-likeness (QED) is 0.846. The average molecular weight is 338 g/mol. The highest BCUT2D eigenvalue weighted by molar-refractivity contribution is 5.85. The van der Waals surface area contributed by atoms with Gasteiger partial charge in [0.25, 0.3) is 0 Å². The fourth-order valence-electron chi connectivity index (χ4n) is 4.56. The second kappa shape index (κ2) is 7.86. The molecule has 2 aliphatic rings. The normalized spacial score (nSPS) is 21.8. The van der Waals surface area contributed by atoms with Crippen LogP contribution in [0.5, 0.6) is 0 Å². The number of rotatable bonds is 4. The Morgan fingerprint density at radius 3 is 2.28 bits per heavy atom. The highest BCUT2D eigenvalue weighted by Crippen LogP contribution is 2.23. The maximum Gasteiger partial charge on any atom is 0.0239 e. The molecule has 3 heteroatoms. The summed E-state index contributed by atoms with van der Waals surface area (Å²) in [6, 6.07) is 16.3. The molecule has 2 aromatic rings. The van der Waals surface area contributed by atoms with E-state index in [0.717, 1.165) is 12.6 Å². The number of piperazine rings is 1. The summed E-state index contributed by atoms with van der Waals surface area (Å²) in [6.07, 6.45) is 2.66. The maximum atomic E-state index is 2.75. The van der Waals surface area contributed by atoms with Gasteiger partial charge in [-0.3, -0.25) is 9.80 Å². The Hall–Kier alpha value is -1.42. The first-order chi connectivity index (χ1) is 12.3. The highest BCUT2D eigenvalue weighted by Gasteiger charge is 2.27. The van der Waals surface area contributed by atoms with Gasteiger partial charge in [0.1, 0.15) is 0 Å². The standard InChI is InChI=1S/C22H31N3/c1-2-23-14-16-25(17-15-23)21-10-12-24(13-11-21)18-20-8-5-7-19-6-3-4-9-22(19)20/h3-9,21H,2,10-18H2,1H3. The third-order valence-corrected chi connectivity index (χ3v) is 6.20. The third-order valence-electron chi connectivity index (χ3n) is 6.20. The number of fused-ring (bicyclic) bond motifs is 1. The first-order valence-corrected chi connectivity index (χ1v) is 9.99. The van der Waals surface area contributed by atoms with Crippen LogP contribution in [0.1, 0.15) is 25.3 Å². The van der Waals surface area contributed by atoms with Gasteiger partial charge in [-0.2, -0.15) is 0 Å². The SMILES string of the molecule is CCN1CCN(C2CCN(Cc3cccc4ccccc34)CC2)CC1. The van der Waals surface area contributed by atoms with E-state index in [4.69, 9.17) is 0 Å². The van der Waals surface area contributed by atoms with Gasteiger partial charge in [-0.1, -0.05) is 49.4 Å². The maximum absolute atomic E-state index is 2.75. The van der Waals surface area contributed by atoms with Crippen molar-refractivity contribution < 1.29 is 0 Å². The van der Waals surface area contributed by atoms with E-state index in [2.05, 4.69) is 64.1 Å². The van der Waals surface area contributed by atoms with E-state index in [0.29, 0.717) is 0 Å². The van der Waals surface area contributed by atoms with E-state index in [1.807, 2.05) is 0 Å². The van der Waals surface area contributed by atoms with Crippen LogP contribution < -0.4 is 0 Å². The molecular weight excluding hydrogens is 306 g/mol. The number of likely N-dealkylation sites (N-methyl/N-ethyl adjacent to an activating group) is 1. The van der Waals surface area contributed by atoms with Crippen molar-refractivity contribution in [2.45, 2.75) is 32.4 Å². The lowest BCUT2D eigenvalue weighted by molar-refractivity contribution is 0.0594. The van der Waals surface area contributed by atoms with Crippen LogP contribution in [0.2, 0.25) is 0 Å². The number of nitrogens with zero attached hydrogens (tertiary/aromatic N) is 3. The molecule has 4 rings (SSSR count). The minimum absolute atomic E-state index is 0.808. The number of benzene rings is 2. The first kappa shape index (κ1) is 17.0.